The zero-order valence-electron chi connectivity index (χ0n) is 34.4. The minimum absolute atomic E-state index is 0.0549. The molecule has 0 aromatic heterocycles. The first-order valence-electron chi connectivity index (χ1n) is 20.2. The van der Waals surface area contributed by atoms with Crippen LogP contribution in [0.2, 0.25) is 0 Å². The topological polar surface area (TPSA) is 235 Å². The average molecular weight is 840 g/mol. The number of carboxylic acids is 1. The lowest BCUT2D eigenvalue weighted by Crippen LogP contribution is -2.60. The second-order valence-electron chi connectivity index (χ2n) is 14.8. The number of benzene rings is 2. The van der Waals surface area contributed by atoms with Gasteiger partial charge in [-0.1, -0.05) is 80.9 Å². The number of rotatable bonds is 15. The summed E-state index contributed by atoms with van der Waals surface area (Å²) >= 11 is 1.45. The number of carbonyl (C=O) groups excluding carboxylic acids is 6. The summed E-state index contributed by atoms with van der Waals surface area (Å²) in [4.78, 5) is 96.2. The number of thioether (sulfide) groups is 1. The van der Waals surface area contributed by atoms with E-state index in [4.69, 9.17) is 0 Å². The van der Waals surface area contributed by atoms with E-state index in [0.29, 0.717) is 37.9 Å². The molecule has 59 heavy (non-hydrogen) atoms. The monoisotopic (exact) mass is 839 g/mol. The number of aliphatic hydroxyl groups excluding tert-OH is 1. The largest absolute Gasteiger partial charge is 0.480 e. The van der Waals surface area contributed by atoms with Crippen LogP contribution in [0.1, 0.15) is 69.9 Å². The zero-order chi connectivity index (χ0) is 43.3. The lowest BCUT2D eigenvalue weighted by molar-refractivity contribution is -0.143. The van der Waals surface area contributed by atoms with Gasteiger partial charge >= 0.3 is 12.0 Å². The van der Waals surface area contributed by atoms with Crippen LogP contribution in [0.3, 0.4) is 0 Å². The highest BCUT2D eigenvalue weighted by Gasteiger charge is 2.36. The lowest BCUT2D eigenvalue weighted by atomic mass is 9.99. The van der Waals surface area contributed by atoms with Gasteiger partial charge in [0.25, 0.3) is 0 Å². The Labute approximate surface area is 350 Å². The molecule has 1 aliphatic heterocycles. The minimum atomic E-state index is -1.34. The normalized spacial score (nSPS) is 22.6. The van der Waals surface area contributed by atoms with Crippen molar-refractivity contribution in [3.63, 3.8) is 0 Å². The van der Waals surface area contributed by atoms with E-state index in [9.17, 15) is 43.8 Å². The van der Waals surface area contributed by atoms with Crippen molar-refractivity contribution >= 4 is 53.3 Å². The van der Waals surface area contributed by atoms with E-state index in [2.05, 4.69) is 31.9 Å². The van der Waals surface area contributed by atoms with E-state index in [0.717, 1.165) is 11.1 Å². The average Bonchev–Trinajstić information content (AvgIpc) is 3.23. The summed E-state index contributed by atoms with van der Waals surface area (Å²) in [5.74, 6) is -4.41. The van der Waals surface area contributed by atoms with E-state index in [1.807, 2.05) is 66.9 Å². The van der Waals surface area contributed by atoms with Crippen LogP contribution in [0.5, 0.6) is 0 Å². The summed E-state index contributed by atoms with van der Waals surface area (Å²) in [5, 5.41) is 35.9. The molecule has 7 atom stereocenters. The molecule has 1 fully saturated rings. The minimum Gasteiger partial charge on any atom is -0.480 e. The Bertz CT molecular complexity index is 1690. The first-order valence-corrected chi connectivity index (χ1v) is 21.6. The summed E-state index contributed by atoms with van der Waals surface area (Å²) < 4.78 is 0. The van der Waals surface area contributed by atoms with E-state index in [-0.39, 0.29) is 32.2 Å². The number of hydrogen-bond acceptors (Lipinski definition) is 9. The van der Waals surface area contributed by atoms with Crippen LogP contribution in [0.25, 0.3) is 0 Å². The van der Waals surface area contributed by atoms with Gasteiger partial charge in [-0.15, -0.1) is 0 Å². The van der Waals surface area contributed by atoms with E-state index in [1.54, 1.807) is 13.8 Å². The van der Waals surface area contributed by atoms with Crippen LogP contribution in [-0.2, 0) is 41.6 Å². The van der Waals surface area contributed by atoms with Gasteiger partial charge < -0.3 is 47.0 Å². The SMILES string of the molecule is CCC(C)C(NC(=O)NC1CCCCNC(=O)C(CO)NC(=O)C(CCc2ccccc2)N(C)C(=O)C(CCc2ccccc2)NC(=O)C(CCSC)NC1=O)C(=O)O. The molecule has 16 nitrogen and oxygen atoms in total. The van der Waals surface area contributed by atoms with Gasteiger partial charge in [0.1, 0.15) is 36.3 Å². The van der Waals surface area contributed by atoms with Gasteiger partial charge in [0.05, 0.1) is 6.61 Å². The van der Waals surface area contributed by atoms with Crippen LogP contribution in [0.4, 0.5) is 4.79 Å². The Kier molecular flexibility index (Phi) is 20.7. The van der Waals surface area contributed by atoms with Crippen molar-refractivity contribution in [2.45, 2.75) is 108 Å². The summed E-state index contributed by atoms with van der Waals surface area (Å²) in [6, 6.07) is 10.7. The predicted molar refractivity (Wildman–Crippen MR) is 225 cm³/mol. The van der Waals surface area contributed by atoms with Gasteiger partial charge in [-0.3, -0.25) is 24.0 Å². The van der Waals surface area contributed by atoms with Crippen molar-refractivity contribution in [1.82, 2.24) is 36.8 Å². The molecular weight excluding hydrogens is 779 g/mol. The Balaban J connectivity index is 2.01. The van der Waals surface area contributed by atoms with Crippen LogP contribution in [0, 0.1) is 5.92 Å². The van der Waals surface area contributed by atoms with Gasteiger partial charge in [0.2, 0.25) is 29.5 Å². The highest BCUT2D eigenvalue weighted by molar-refractivity contribution is 7.98. The van der Waals surface area contributed by atoms with Crippen LogP contribution >= 0.6 is 11.8 Å². The molecule has 2 aromatic carbocycles. The van der Waals surface area contributed by atoms with E-state index < -0.39 is 90.3 Å². The molecule has 7 unspecified atom stereocenters. The first kappa shape index (κ1) is 48.2. The highest BCUT2D eigenvalue weighted by Crippen LogP contribution is 2.16. The molecule has 1 aliphatic rings. The first-order chi connectivity index (χ1) is 28.3. The van der Waals surface area contributed by atoms with Crippen molar-refractivity contribution in [3.8, 4) is 0 Å². The number of amides is 7. The molecular formula is C42H61N7O9S. The third kappa shape index (κ3) is 15.8. The van der Waals surface area contributed by atoms with Crippen molar-refractivity contribution in [2.24, 2.45) is 5.92 Å². The fourth-order valence-corrected chi connectivity index (χ4v) is 7.15. The fourth-order valence-electron chi connectivity index (χ4n) is 6.67. The maximum atomic E-state index is 14.5. The van der Waals surface area contributed by atoms with Crippen molar-refractivity contribution in [3.05, 3.63) is 71.8 Å². The number of likely N-dealkylation sites (N-methyl/N-ethyl adjacent to an activating group) is 1. The fraction of sp³-hybridized carbons (Fsp3) is 0.548. The van der Waals surface area contributed by atoms with Gasteiger partial charge in [-0.05, 0) is 80.4 Å². The van der Waals surface area contributed by atoms with Crippen molar-refractivity contribution in [1.29, 1.82) is 0 Å². The molecule has 8 N–H and O–H groups in total. The quantitative estimate of drug-likeness (QED) is 0.129. The van der Waals surface area contributed by atoms with Crippen LogP contribution in [-0.4, -0.2) is 125 Å². The maximum Gasteiger partial charge on any atom is 0.326 e. The second-order valence-corrected chi connectivity index (χ2v) is 15.8. The van der Waals surface area contributed by atoms with Crippen molar-refractivity contribution < 1.29 is 43.8 Å². The summed E-state index contributed by atoms with van der Waals surface area (Å²) in [5.41, 5.74) is 1.82. The predicted octanol–water partition coefficient (Wildman–Crippen LogP) is 1.75. The van der Waals surface area contributed by atoms with Crippen LogP contribution < -0.4 is 31.9 Å². The van der Waals surface area contributed by atoms with Gasteiger partial charge in [-0.25, -0.2) is 9.59 Å². The highest BCUT2D eigenvalue weighted by atomic mass is 32.2. The lowest BCUT2D eigenvalue weighted by Gasteiger charge is -2.32. The Morgan fingerprint density at radius 2 is 1.41 bits per heavy atom. The Morgan fingerprint density at radius 1 is 0.814 bits per heavy atom. The number of aliphatic carboxylic acids is 1. The second kappa shape index (κ2) is 25.4. The summed E-state index contributed by atoms with van der Waals surface area (Å²) in [6.45, 7) is 2.85. The molecule has 0 aliphatic carbocycles. The Hall–Kier alpha value is -5.16. The number of aliphatic hydroxyl groups is 1. The zero-order valence-corrected chi connectivity index (χ0v) is 35.2. The third-order valence-corrected chi connectivity index (χ3v) is 11.2. The standard InChI is InChI=1S/C42H61N7O9S/c1-5-27(2)35(41(56)57)48-42(58)47-30-18-12-13-24-43-36(51)33(26-50)46-39(54)34(22-20-29-16-10-7-11-17-29)49(3)40(55)32(21-19-28-14-8-6-9-15-28)45-38(53)31(23-25-59-4)44-37(30)52/h6-11,14-17,27,30-35,50H,5,12-13,18-26H2,1-4H3,(H,43,51)(H,44,52)(H,45,53)(H,46,54)(H,56,57)(H2,47,48,58). The molecule has 0 radical (unpaired) electrons. The molecule has 1 saturated heterocycles. The number of aryl methyl sites for hydroxylation is 2. The molecule has 0 bridgehead atoms. The summed E-state index contributed by atoms with van der Waals surface area (Å²) in [6.07, 6.45) is 4.26. The van der Waals surface area contributed by atoms with E-state index in [1.165, 1.54) is 23.7 Å². The van der Waals surface area contributed by atoms with Crippen molar-refractivity contribution in [2.75, 3.05) is 32.2 Å². The smallest absolute Gasteiger partial charge is 0.326 e. The molecule has 17 heteroatoms. The molecule has 0 spiro atoms. The summed E-state index contributed by atoms with van der Waals surface area (Å²) in [7, 11) is 1.46. The number of urea groups is 1. The maximum absolute atomic E-state index is 14.5. The van der Waals surface area contributed by atoms with Gasteiger partial charge in [0, 0.05) is 13.6 Å². The molecule has 3 rings (SSSR count). The molecule has 0 saturated carbocycles. The number of hydrogen-bond donors (Lipinski definition) is 8. The molecule has 7 amide bonds. The third-order valence-electron chi connectivity index (χ3n) is 10.5. The van der Waals surface area contributed by atoms with Gasteiger partial charge in [-0.2, -0.15) is 11.8 Å². The number of nitrogens with one attached hydrogen (secondary N) is 6. The number of nitrogens with zero attached hydrogens (tertiary/aromatic N) is 1. The molecule has 2 aromatic rings. The van der Waals surface area contributed by atoms with E-state index >= 15 is 0 Å². The number of carboxylic acid groups (broad SMARTS) is 1. The van der Waals surface area contributed by atoms with Gasteiger partial charge in [0.15, 0.2) is 0 Å². The molecule has 324 valence electrons. The van der Waals surface area contributed by atoms with Crippen LogP contribution in [0.15, 0.2) is 60.7 Å². The molecule has 1 heterocycles. The Morgan fingerprint density at radius 3 is 1.98 bits per heavy atom. The number of carbonyl (C=O) groups is 7.